The van der Waals surface area contributed by atoms with E-state index in [4.69, 9.17) is 17.2 Å². The van der Waals surface area contributed by atoms with Crippen molar-refractivity contribution in [2.45, 2.75) is 57.3 Å². The number of amides is 3. The number of nitrogens with one attached hydrogen (secondary N) is 4. The molecule has 3 amide bonds. The number of thiol groups is 1. The first-order valence-corrected chi connectivity index (χ1v) is 11.6. The van der Waals surface area contributed by atoms with E-state index in [2.05, 4.69) is 43.5 Å². The highest BCUT2D eigenvalue weighted by molar-refractivity contribution is 7.80. The number of carbonyl (C=O) groups excluding carboxylic acids is 3. The molecule has 15 heteroatoms. The number of nitrogens with zero attached hydrogens (tertiary/aromatic N) is 2. The number of H-pyrrole nitrogens is 1. The molecule has 1 aromatic heterocycles. The predicted molar refractivity (Wildman–Crippen MR) is 132 cm³/mol. The summed E-state index contributed by atoms with van der Waals surface area (Å²) in [6.45, 7) is 3.51. The number of carbonyl (C=O) groups is 4. The summed E-state index contributed by atoms with van der Waals surface area (Å²) < 4.78 is 0. The average Bonchev–Trinajstić information content (AvgIpc) is 3.30. The van der Waals surface area contributed by atoms with E-state index < -0.39 is 53.8 Å². The van der Waals surface area contributed by atoms with Crippen LogP contribution >= 0.6 is 12.6 Å². The van der Waals surface area contributed by atoms with E-state index in [1.165, 1.54) is 12.5 Å². The van der Waals surface area contributed by atoms with Crippen molar-refractivity contribution in [3.05, 3.63) is 18.2 Å². The molecule has 1 heterocycles. The van der Waals surface area contributed by atoms with Crippen molar-refractivity contribution in [1.29, 1.82) is 0 Å². The van der Waals surface area contributed by atoms with Gasteiger partial charge in [0.1, 0.15) is 18.1 Å². The van der Waals surface area contributed by atoms with Gasteiger partial charge in [0.2, 0.25) is 17.7 Å². The first-order chi connectivity index (χ1) is 16.5. The summed E-state index contributed by atoms with van der Waals surface area (Å²) in [5, 5.41) is 17.0. The lowest BCUT2D eigenvalue weighted by atomic mass is 10.0. The van der Waals surface area contributed by atoms with Gasteiger partial charge in [0.25, 0.3) is 0 Å². The van der Waals surface area contributed by atoms with E-state index in [0.29, 0.717) is 12.1 Å². The molecule has 11 N–H and O–H groups in total. The highest BCUT2D eigenvalue weighted by Crippen LogP contribution is 2.07. The number of aliphatic imine (C=N–C) groups is 1. The fraction of sp³-hybridized carbons (Fsp3) is 0.600. The van der Waals surface area contributed by atoms with Crippen molar-refractivity contribution in [3.8, 4) is 0 Å². The predicted octanol–water partition coefficient (Wildman–Crippen LogP) is -2.54. The molecule has 0 bridgehead atoms. The molecule has 1 aromatic rings. The minimum absolute atomic E-state index is 0.00677. The van der Waals surface area contributed by atoms with Crippen LogP contribution in [-0.2, 0) is 25.6 Å². The highest BCUT2D eigenvalue weighted by Gasteiger charge is 2.31. The van der Waals surface area contributed by atoms with Gasteiger partial charge in [-0.15, -0.1) is 0 Å². The van der Waals surface area contributed by atoms with E-state index in [-0.39, 0.29) is 31.1 Å². The van der Waals surface area contributed by atoms with Crippen LogP contribution in [-0.4, -0.2) is 81.2 Å². The van der Waals surface area contributed by atoms with Gasteiger partial charge in [0, 0.05) is 30.6 Å². The first kappa shape index (κ1) is 29.7. The van der Waals surface area contributed by atoms with Gasteiger partial charge < -0.3 is 43.2 Å². The maximum atomic E-state index is 13.1. The van der Waals surface area contributed by atoms with Gasteiger partial charge in [-0.2, -0.15) is 12.6 Å². The van der Waals surface area contributed by atoms with Gasteiger partial charge in [-0.3, -0.25) is 19.4 Å². The molecule has 35 heavy (non-hydrogen) atoms. The van der Waals surface area contributed by atoms with Crippen molar-refractivity contribution in [2.24, 2.45) is 28.1 Å². The van der Waals surface area contributed by atoms with E-state index in [0.717, 1.165) is 0 Å². The minimum Gasteiger partial charge on any atom is -0.480 e. The van der Waals surface area contributed by atoms with Crippen LogP contribution in [0.3, 0.4) is 0 Å². The lowest BCUT2D eigenvalue weighted by molar-refractivity contribution is -0.143. The van der Waals surface area contributed by atoms with Gasteiger partial charge in [-0.25, -0.2) is 9.78 Å². The monoisotopic (exact) mass is 513 g/mol. The van der Waals surface area contributed by atoms with Crippen LogP contribution in [0.25, 0.3) is 0 Å². The smallest absolute Gasteiger partial charge is 0.326 e. The van der Waals surface area contributed by atoms with Crippen molar-refractivity contribution < 1.29 is 24.3 Å². The number of carboxylic acid groups (broad SMARTS) is 1. The van der Waals surface area contributed by atoms with Crippen LogP contribution in [0.15, 0.2) is 17.5 Å². The number of aromatic amines is 1. The van der Waals surface area contributed by atoms with Crippen LogP contribution in [0.2, 0.25) is 0 Å². The summed E-state index contributed by atoms with van der Waals surface area (Å²) in [5.41, 5.74) is 16.9. The molecule has 14 nitrogen and oxygen atoms in total. The van der Waals surface area contributed by atoms with E-state index in [1.54, 1.807) is 13.8 Å². The fourth-order valence-corrected chi connectivity index (χ4v) is 3.17. The summed E-state index contributed by atoms with van der Waals surface area (Å²) in [6.07, 6.45) is 3.39. The maximum Gasteiger partial charge on any atom is 0.326 e. The van der Waals surface area contributed by atoms with Gasteiger partial charge >= 0.3 is 5.97 Å². The zero-order valence-corrected chi connectivity index (χ0v) is 20.6. The standard InChI is InChI=1S/C20H35N9O5S/c1-10(2)15(19(33)34)29-18(32)14(6-11-7-24-9-26-11)28-17(31)13(4-3-5-25-20(22)23)27-16(30)12(21)8-35/h7,9-10,12-15,35H,3-6,8,21H2,1-2H3,(H,24,26)(H,27,30)(H,28,31)(H,29,32)(H,33,34)(H4,22,23,25). The van der Waals surface area contributed by atoms with Crippen molar-refractivity contribution in [3.63, 3.8) is 0 Å². The number of aliphatic carboxylic acids is 1. The second-order valence-corrected chi connectivity index (χ2v) is 8.57. The topological polar surface area (TPSA) is 244 Å². The Morgan fingerprint density at radius 1 is 1.11 bits per heavy atom. The number of hydrogen-bond acceptors (Lipinski definition) is 8. The Morgan fingerprint density at radius 2 is 1.74 bits per heavy atom. The quantitative estimate of drug-likeness (QED) is 0.0518. The summed E-state index contributed by atoms with van der Waals surface area (Å²) in [7, 11) is 0. The largest absolute Gasteiger partial charge is 0.480 e. The molecule has 0 spiro atoms. The van der Waals surface area contributed by atoms with E-state index in [1.807, 2.05) is 0 Å². The maximum absolute atomic E-state index is 13.1. The Morgan fingerprint density at radius 3 is 2.26 bits per heavy atom. The highest BCUT2D eigenvalue weighted by atomic mass is 32.1. The molecule has 196 valence electrons. The fourth-order valence-electron chi connectivity index (χ4n) is 3.00. The Labute approximate surface area is 208 Å². The van der Waals surface area contributed by atoms with Crippen molar-refractivity contribution >= 4 is 42.3 Å². The van der Waals surface area contributed by atoms with Crippen molar-refractivity contribution in [1.82, 2.24) is 25.9 Å². The summed E-state index contributed by atoms with van der Waals surface area (Å²) in [4.78, 5) is 60.5. The molecule has 4 unspecified atom stereocenters. The molecule has 1 rings (SSSR count). The molecular formula is C20H35N9O5S. The number of carboxylic acids is 1. The zero-order valence-electron chi connectivity index (χ0n) is 19.7. The molecule has 4 atom stereocenters. The molecule has 0 aromatic carbocycles. The summed E-state index contributed by atoms with van der Waals surface area (Å²) in [6, 6.07) is -4.32. The normalized spacial score (nSPS) is 14.3. The number of rotatable bonds is 15. The molecule has 0 aliphatic heterocycles. The number of nitrogens with two attached hydrogens (primary N) is 3. The second kappa shape index (κ2) is 14.8. The molecular weight excluding hydrogens is 478 g/mol. The Balaban J connectivity index is 3.07. The van der Waals surface area contributed by atoms with Gasteiger partial charge in [-0.05, 0) is 18.8 Å². The third kappa shape index (κ3) is 10.6. The number of hydrogen-bond donors (Lipinski definition) is 9. The molecule has 0 fully saturated rings. The van der Waals surface area contributed by atoms with Crippen LogP contribution in [0.5, 0.6) is 0 Å². The Bertz CT molecular complexity index is 874. The average molecular weight is 514 g/mol. The van der Waals surface area contributed by atoms with Crippen LogP contribution in [0, 0.1) is 5.92 Å². The lowest BCUT2D eigenvalue weighted by Gasteiger charge is -2.25. The Kier molecular flexibility index (Phi) is 12.6. The minimum atomic E-state index is -1.20. The number of imidazole rings is 1. The zero-order chi connectivity index (χ0) is 26.5. The van der Waals surface area contributed by atoms with Crippen molar-refractivity contribution in [2.75, 3.05) is 12.3 Å². The first-order valence-electron chi connectivity index (χ1n) is 11.0. The molecule has 0 saturated heterocycles. The van der Waals surface area contributed by atoms with E-state index in [9.17, 15) is 24.3 Å². The molecule has 0 radical (unpaired) electrons. The number of guanidine groups is 1. The third-order valence-corrected chi connectivity index (χ3v) is 5.35. The SMILES string of the molecule is CC(C)C(NC(=O)C(Cc1cnc[nH]1)NC(=O)C(CCCN=C(N)N)NC(=O)C(N)CS)C(=O)O. The molecule has 0 aliphatic carbocycles. The third-order valence-electron chi connectivity index (χ3n) is 4.95. The number of aromatic nitrogens is 2. The molecule has 0 aliphatic rings. The summed E-state index contributed by atoms with van der Waals surface area (Å²) in [5.74, 6) is -3.61. The van der Waals surface area contributed by atoms with Crippen LogP contribution in [0.4, 0.5) is 0 Å². The Hall–Kier alpha value is -3.33. The van der Waals surface area contributed by atoms with Crippen LogP contribution < -0.4 is 33.2 Å². The second-order valence-electron chi connectivity index (χ2n) is 8.21. The van der Waals surface area contributed by atoms with Gasteiger partial charge in [0.15, 0.2) is 5.96 Å². The summed E-state index contributed by atoms with van der Waals surface area (Å²) >= 11 is 3.99. The molecule has 0 saturated carbocycles. The lowest BCUT2D eigenvalue weighted by Crippen LogP contribution is -2.58. The van der Waals surface area contributed by atoms with E-state index >= 15 is 0 Å². The van der Waals surface area contributed by atoms with Gasteiger partial charge in [0.05, 0.1) is 12.4 Å². The van der Waals surface area contributed by atoms with Crippen LogP contribution in [0.1, 0.15) is 32.4 Å². The van der Waals surface area contributed by atoms with Gasteiger partial charge in [-0.1, -0.05) is 13.8 Å².